The van der Waals surface area contributed by atoms with Crippen molar-refractivity contribution in [3.05, 3.63) is 35.9 Å². The molecule has 0 fully saturated rings. The first-order chi connectivity index (χ1) is 9.10. The van der Waals surface area contributed by atoms with Crippen LogP contribution in [-0.4, -0.2) is 18.5 Å². The summed E-state index contributed by atoms with van der Waals surface area (Å²) in [6, 6.07) is 10.0. The van der Waals surface area contributed by atoms with E-state index in [-0.39, 0.29) is 17.9 Å². The summed E-state index contributed by atoms with van der Waals surface area (Å²) in [7, 11) is 0. The molecule has 0 aliphatic rings. The average molecular weight is 262 g/mol. The Morgan fingerprint density at radius 3 is 2.37 bits per heavy atom. The van der Waals surface area contributed by atoms with Gasteiger partial charge in [-0.15, -0.1) is 0 Å². The number of amides is 1. The van der Waals surface area contributed by atoms with E-state index in [9.17, 15) is 4.79 Å². The Bertz CT molecular complexity index is 378. The molecule has 3 atom stereocenters. The molecule has 0 aromatic heterocycles. The van der Waals surface area contributed by atoms with E-state index in [1.807, 2.05) is 37.3 Å². The maximum absolute atomic E-state index is 12.4. The third kappa shape index (κ3) is 4.67. The molecular formula is C16H26N2O. The zero-order valence-electron chi connectivity index (χ0n) is 12.2. The zero-order valence-corrected chi connectivity index (χ0v) is 12.2. The lowest BCUT2D eigenvalue weighted by atomic mass is 9.85. The van der Waals surface area contributed by atoms with Crippen molar-refractivity contribution in [2.45, 2.75) is 45.6 Å². The van der Waals surface area contributed by atoms with Crippen molar-refractivity contribution < 1.29 is 4.79 Å². The minimum Gasteiger partial charge on any atom is -0.354 e. The Kier molecular flexibility index (Phi) is 6.57. The van der Waals surface area contributed by atoms with Gasteiger partial charge in [0.15, 0.2) is 0 Å². The number of nitrogens with two attached hydrogens (primary N) is 1. The maximum Gasteiger partial charge on any atom is 0.227 e. The van der Waals surface area contributed by atoms with Crippen molar-refractivity contribution >= 4 is 5.91 Å². The Labute approximate surface area is 116 Å². The summed E-state index contributed by atoms with van der Waals surface area (Å²) in [6.45, 7) is 6.82. The highest BCUT2D eigenvalue weighted by atomic mass is 16.1. The minimum atomic E-state index is -0.0877. The predicted molar refractivity (Wildman–Crippen MR) is 79.9 cm³/mol. The van der Waals surface area contributed by atoms with E-state index in [2.05, 4.69) is 19.2 Å². The summed E-state index contributed by atoms with van der Waals surface area (Å²) in [5.74, 6) is 0.319. The van der Waals surface area contributed by atoms with Crippen molar-refractivity contribution in [2.75, 3.05) is 6.54 Å². The van der Waals surface area contributed by atoms with Crippen molar-refractivity contribution in [2.24, 2.45) is 11.7 Å². The van der Waals surface area contributed by atoms with Crippen LogP contribution in [0, 0.1) is 5.92 Å². The van der Waals surface area contributed by atoms with E-state index in [1.54, 1.807) is 0 Å². The van der Waals surface area contributed by atoms with E-state index in [0.29, 0.717) is 12.5 Å². The smallest absolute Gasteiger partial charge is 0.227 e. The second kappa shape index (κ2) is 7.95. The Balaban J connectivity index is 2.77. The topological polar surface area (TPSA) is 55.1 Å². The van der Waals surface area contributed by atoms with Gasteiger partial charge in [0.05, 0.1) is 5.92 Å². The van der Waals surface area contributed by atoms with Crippen LogP contribution < -0.4 is 11.1 Å². The summed E-state index contributed by atoms with van der Waals surface area (Å²) in [4.78, 5) is 12.4. The highest BCUT2D eigenvalue weighted by Gasteiger charge is 2.25. The molecule has 0 saturated heterocycles. The number of carbonyl (C=O) groups is 1. The average Bonchev–Trinajstić information content (AvgIpc) is 2.45. The number of hydrogen-bond donors (Lipinski definition) is 2. The van der Waals surface area contributed by atoms with E-state index in [1.165, 1.54) is 0 Å². The largest absolute Gasteiger partial charge is 0.354 e. The number of carbonyl (C=O) groups excluding carboxylic acids is 1. The predicted octanol–water partition coefficient (Wildman–Crippen LogP) is 2.67. The molecule has 1 amide bonds. The highest BCUT2D eigenvalue weighted by molar-refractivity contribution is 5.84. The molecule has 0 aliphatic heterocycles. The van der Waals surface area contributed by atoms with Crippen molar-refractivity contribution in [3.8, 4) is 0 Å². The first-order valence-electron chi connectivity index (χ1n) is 7.18. The van der Waals surface area contributed by atoms with Gasteiger partial charge < -0.3 is 11.1 Å². The molecule has 106 valence electrons. The molecule has 3 N–H and O–H groups in total. The van der Waals surface area contributed by atoms with Gasteiger partial charge in [-0.05, 0) is 17.9 Å². The fourth-order valence-corrected chi connectivity index (χ4v) is 2.12. The van der Waals surface area contributed by atoms with Crippen LogP contribution in [0.5, 0.6) is 0 Å². The van der Waals surface area contributed by atoms with Crippen molar-refractivity contribution in [3.63, 3.8) is 0 Å². The lowest BCUT2D eigenvalue weighted by molar-refractivity contribution is -0.123. The Morgan fingerprint density at radius 2 is 1.84 bits per heavy atom. The summed E-state index contributed by atoms with van der Waals surface area (Å²) in [6.07, 6.45) is 1.85. The third-order valence-corrected chi connectivity index (χ3v) is 3.72. The number of rotatable bonds is 7. The molecule has 1 aromatic rings. The lowest BCUT2D eigenvalue weighted by Crippen LogP contribution is -2.40. The van der Waals surface area contributed by atoms with Gasteiger partial charge in [0.1, 0.15) is 0 Å². The van der Waals surface area contributed by atoms with E-state index in [0.717, 1.165) is 18.4 Å². The number of nitrogens with one attached hydrogen (secondary N) is 1. The second-order valence-electron chi connectivity index (χ2n) is 5.19. The van der Waals surface area contributed by atoms with Crippen LogP contribution >= 0.6 is 0 Å². The van der Waals surface area contributed by atoms with Gasteiger partial charge in [0, 0.05) is 12.6 Å². The SMILES string of the molecule is CCC(N)CNC(=O)C(c1ccccc1)C(C)CC. The molecule has 0 spiro atoms. The molecule has 1 aromatic carbocycles. The monoisotopic (exact) mass is 262 g/mol. The van der Waals surface area contributed by atoms with Gasteiger partial charge in [0.25, 0.3) is 0 Å². The fraction of sp³-hybridized carbons (Fsp3) is 0.562. The molecule has 3 unspecified atom stereocenters. The van der Waals surface area contributed by atoms with Gasteiger partial charge in [-0.25, -0.2) is 0 Å². The van der Waals surface area contributed by atoms with Crippen LogP contribution in [0.15, 0.2) is 30.3 Å². The van der Waals surface area contributed by atoms with Crippen LogP contribution in [0.2, 0.25) is 0 Å². The van der Waals surface area contributed by atoms with Gasteiger partial charge in [0.2, 0.25) is 5.91 Å². The van der Waals surface area contributed by atoms with Crippen LogP contribution in [-0.2, 0) is 4.79 Å². The Hall–Kier alpha value is -1.35. The first kappa shape index (κ1) is 15.7. The number of hydrogen-bond acceptors (Lipinski definition) is 2. The molecule has 1 rings (SSSR count). The fourth-order valence-electron chi connectivity index (χ4n) is 2.12. The van der Waals surface area contributed by atoms with E-state index >= 15 is 0 Å². The highest BCUT2D eigenvalue weighted by Crippen LogP contribution is 2.27. The summed E-state index contributed by atoms with van der Waals surface area (Å²) < 4.78 is 0. The summed E-state index contributed by atoms with van der Waals surface area (Å²) in [5.41, 5.74) is 6.94. The lowest BCUT2D eigenvalue weighted by Gasteiger charge is -2.23. The van der Waals surface area contributed by atoms with Gasteiger partial charge >= 0.3 is 0 Å². The maximum atomic E-state index is 12.4. The molecule has 3 nitrogen and oxygen atoms in total. The zero-order chi connectivity index (χ0) is 14.3. The summed E-state index contributed by atoms with van der Waals surface area (Å²) >= 11 is 0. The van der Waals surface area contributed by atoms with Crippen LogP contribution in [0.1, 0.15) is 45.1 Å². The van der Waals surface area contributed by atoms with Gasteiger partial charge in [-0.2, -0.15) is 0 Å². The minimum absolute atomic E-state index is 0.0392. The van der Waals surface area contributed by atoms with Gasteiger partial charge in [-0.3, -0.25) is 4.79 Å². The quantitative estimate of drug-likeness (QED) is 0.793. The third-order valence-electron chi connectivity index (χ3n) is 3.72. The van der Waals surface area contributed by atoms with E-state index in [4.69, 9.17) is 5.73 Å². The molecule has 3 heteroatoms. The van der Waals surface area contributed by atoms with Crippen LogP contribution in [0.4, 0.5) is 0 Å². The van der Waals surface area contributed by atoms with Crippen LogP contribution in [0.25, 0.3) is 0 Å². The molecule has 0 radical (unpaired) electrons. The molecule has 0 aliphatic carbocycles. The number of benzene rings is 1. The van der Waals surface area contributed by atoms with Crippen LogP contribution in [0.3, 0.4) is 0 Å². The van der Waals surface area contributed by atoms with Crippen molar-refractivity contribution in [1.82, 2.24) is 5.32 Å². The summed E-state index contributed by atoms with van der Waals surface area (Å²) in [5, 5.41) is 2.98. The molecule has 0 heterocycles. The molecule has 0 bridgehead atoms. The second-order valence-corrected chi connectivity index (χ2v) is 5.19. The normalized spacial score (nSPS) is 15.6. The van der Waals surface area contributed by atoms with E-state index < -0.39 is 0 Å². The molecule has 0 saturated carbocycles. The standard InChI is InChI=1S/C16H26N2O/c1-4-12(3)15(13-9-7-6-8-10-13)16(19)18-11-14(17)5-2/h6-10,12,14-15H,4-5,11,17H2,1-3H3,(H,18,19). The Morgan fingerprint density at radius 1 is 1.21 bits per heavy atom. The molecule has 19 heavy (non-hydrogen) atoms. The molecular weight excluding hydrogens is 236 g/mol. The van der Waals surface area contributed by atoms with Gasteiger partial charge in [-0.1, -0.05) is 57.5 Å². The van der Waals surface area contributed by atoms with Crippen molar-refractivity contribution in [1.29, 1.82) is 0 Å². The first-order valence-corrected chi connectivity index (χ1v) is 7.18.